The summed E-state index contributed by atoms with van der Waals surface area (Å²) in [5.41, 5.74) is 4.18. The molecule has 1 unspecified atom stereocenters. The number of nitrogens with two attached hydrogens (primary N) is 1. The number of para-hydroxylation sites is 1. The third kappa shape index (κ3) is 3.00. The molecule has 1 atom stereocenters. The lowest BCUT2D eigenvalue weighted by molar-refractivity contribution is -0.390. The Bertz CT molecular complexity index is 561. The van der Waals surface area contributed by atoms with Crippen molar-refractivity contribution in [1.82, 2.24) is 4.72 Å². The molecule has 18 heavy (non-hydrogen) atoms. The fourth-order valence-electron chi connectivity index (χ4n) is 1.27. The Hall–Kier alpha value is -1.58. The molecule has 1 aromatic carbocycles. The first-order valence-corrected chi connectivity index (χ1v) is 6.43. The highest BCUT2D eigenvalue weighted by atomic mass is 32.2. The first kappa shape index (κ1) is 14.5. The Kier molecular flexibility index (Phi) is 4.33. The summed E-state index contributed by atoms with van der Waals surface area (Å²) in [5.74, 6) is -1.21. The molecule has 0 fully saturated rings. The van der Waals surface area contributed by atoms with Crippen molar-refractivity contribution in [2.45, 2.75) is 17.9 Å². The van der Waals surface area contributed by atoms with Gasteiger partial charge in [-0.1, -0.05) is 6.07 Å². The van der Waals surface area contributed by atoms with Crippen molar-refractivity contribution in [2.75, 3.05) is 6.54 Å². The SMILES string of the molecule is CC(CN)NS(=O)(=O)c1cccc(F)c1[N+](=O)[O-]. The molecule has 1 aromatic rings. The minimum absolute atomic E-state index is 0.0162. The third-order valence-electron chi connectivity index (χ3n) is 2.13. The van der Waals surface area contributed by atoms with Crippen molar-refractivity contribution in [3.8, 4) is 0 Å². The van der Waals surface area contributed by atoms with Crippen molar-refractivity contribution < 1.29 is 17.7 Å². The van der Waals surface area contributed by atoms with Gasteiger partial charge in [0.05, 0.1) is 4.92 Å². The van der Waals surface area contributed by atoms with Gasteiger partial charge in [0.1, 0.15) is 0 Å². The van der Waals surface area contributed by atoms with Crippen LogP contribution in [-0.4, -0.2) is 25.9 Å². The van der Waals surface area contributed by atoms with Crippen molar-refractivity contribution >= 4 is 15.7 Å². The van der Waals surface area contributed by atoms with E-state index in [0.717, 1.165) is 18.2 Å². The molecule has 3 N–H and O–H groups in total. The van der Waals surface area contributed by atoms with Gasteiger partial charge in [0.15, 0.2) is 4.90 Å². The van der Waals surface area contributed by atoms with E-state index in [1.165, 1.54) is 6.92 Å². The van der Waals surface area contributed by atoms with Crippen LogP contribution in [0.25, 0.3) is 0 Å². The average molecular weight is 277 g/mol. The summed E-state index contributed by atoms with van der Waals surface area (Å²) < 4.78 is 39.1. The smallest absolute Gasteiger partial charge is 0.324 e. The molecule has 9 heteroatoms. The van der Waals surface area contributed by atoms with E-state index in [9.17, 15) is 22.9 Å². The van der Waals surface area contributed by atoms with Gasteiger partial charge in [0.25, 0.3) is 0 Å². The molecule has 0 aliphatic rings. The molecule has 0 amide bonds. The van der Waals surface area contributed by atoms with E-state index in [1.54, 1.807) is 0 Å². The lowest BCUT2D eigenvalue weighted by Crippen LogP contribution is -2.38. The fourth-order valence-corrected chi connectivity index (χ4v) is 2.70. The van der Waals surface area contributed by atoms with E-state index in [4.69, 9.17) is 5.73 Å². The van der Waals surface area contributed by atoms with Crippen LogP contribution in [-0.2, 0) is 10.0 Å². The Morgan fingerprint density at radius 1 is 1.56 bits per heavy atom. The standard InChI is InChI=1S/C9H12FN3O4S/c1-6(5-11)12-18(16,17)8-4-2-3-7(10)9(8)13(14)15/h2-4,6,12H,5,11H2,1H3. The summed E-state index contributed by atoms with van der Waals surface area (Å²) in [4.78, 5) is 8.91. The normalized spacial score (nSPS) is 13.3. The molecule has 0 saturated heterocycles. The maximum Gasteiger partial charge on any atom is 0.324 e. The molecule has 0 spiro atoms. The van der Waals surface area contributed by atoms with Gasteiger partial charge in [-0.3, -0.25) is 10.1 Å². The first-order valence-electron chi connectivity index (χ1n) is 4.95. The van der Waals surface area contributed by atoms with Crippen LogP contribution in [0, 0.1) is 15.9 Å². The van der Waals surface area contributed by atoms with E-state index in [1.807, 2.05) is 0 Å². The summed E-state index contributed by atoms with van der Waals surface area (Å²) >= 11 is 0. The predicted octanol–water partition coefficient (Wildman–Crippen LogP) is 0.359. The number of hydrogen-bond acceptors (Lipinski definition) is 5. The van der Waals surface area contributed by atoms with Crippen LogP contribution in [0.15, 0.2) is 23.1 Å². The average Bonchev–Trinajstić information content (AvgIpc) is 2.27. The van der Waals surface area contributed by atoms with Crippen LogP contribution in [0.2, 0.25) is 0 Å². The maximum atomic E-state index is 13.3. The van der Waals surface area contributed by atoms with Crippen molar-refractivity contribution in [2.24, 2.45) is 5.73 Å². The molecular formula is C9H12FN3O4S. The van der Waals surface area contributed by atoms with Crippen LogP contribution in [0.1, 0.15) is 6.92 Å². The number of nitro groups is 1. The van der Waals surface area contributed by atoms with Crippen LogP contribution < -0.4 is 10.5 Å². The second-order valence-electron chi connectivity index (χ2n) is 3.60. The molecule has 0 aliphatic carbocycles. The Balaban J connectivity index is 3.33. The lowest BCUT2D eigenvalue weighted by atomic mass is 10.3. The minimum atomic E-state index is -4.18. The van der Waals surface area contributed by atoms with E-state index in [0.29, 0.717) is 0 Å². The molecule has 0 radical (unpaired) electrons. The Labute approximate surface area is 103 Å². The largest absolute Gasteiger partial charge is 0.329 e. The van der Waals surface area contributed by atoms with Gasteiger partial charge in [-0.15, -0.1) is 0 Å². The van der Waals surface area contributed by atoms with Crippen LogP contribution in [0.3, 0.4) is 0 Å². The summed E-state index contributed by atoms with van der Waals surface area (Å²) in [7, 11) is -4.18. The molecule has 0 saturated carbocycles. The van der Waals surface area contributed by atoms with Crippen LogP contribution in [0.4, 0.5) is 10.1 Å². The van der Waals surface area contributed by atoms with Crippen molar-refractivity contribution in [3.63, 3.8) is 0 Å². The van der Waals surface area contributed by atoms with E-state index in [-0.39, 0.29) is 6.54 Å². The van der Waals surface area contributed by atoms with Gasteiger partial charge in [-0.25, -0.2) is 13.1 Å². The second kappa shape index (κ2) is 5.38. The van der Waals surface area contributed by atoms with Gasteiger partial charge in [0, 0.05) is 12.6 Å². The molecular weight excluding hydrogens is 265 g/mol. The molecule has 0 aromatic heterocycles. The Morgan fingerprint density at radius 3 is 2.67 bits per heavy atom. The molecule has 100 valence electrons. The summed E-state index contributed by atoms with van der Waals surface area (Å²) in [6.45, 7) is 1.50. The van der Waals surface area contributed by atoms with Crippen LogP contribution >= 0.6 is 0 Å². The van der Waals surface area contributed by atoms with Crippen molar-refractivity contribution in [3.05, 3.63) is 34.1 Å². The van der Waals surface area contributed by atoms with Gasteiger partial charge in [-0.2, -0.15) is 4.39 Å². The van der Waals surface area contributed by atoms with E-state index in [2.05, 4.69) is 4.72 Å². The van der Waals surface area contributed by atoms with Gasteiger partial charge < -0.3 is 5.73 Å². The highest BCUT2D eigenvalue weighted by Gasteiger charge is 2.29. The molecule has 0 bridgehead atoms. The van der Waals surface area contributed by atoms with Crippen LogP contribution in [0.5, 0.6) is 0 Å². The molecule has 1 rings (SSSR count). The monoisotopic (exact) mass is 277 g/mol. The zero-order valence-electron chi connectivity index (χ0n) is 9.46. The molecule has 0 aliphatic heterocycles. The number of rotatable bonds is 5. The molecule has 0 heterocycles. The minimum Gasteiger partial charge on any atom is -0.329 e. The zero-order chi connectivity index (χ0) is 13.9. The van der Waals surface area contributed by atoms with Gasteiger partial charge in [-0.05, 0) is 19.1 Å². The van der Waals surface area contributed by atoms with Crippen molar-refractivity contribution in [1.29, 1.82) is 0 Å². The maximum absolute atomic E-state index is 13.3. The first-order chi connectivity index (χ1) is 8.29. The summed E-state index contributed by atoms with van der Waals surface area (Å²) in [5, 5.41) is 10.7. The van der Waals surface area contributed by atoms with Gasteiger partial charge in [0.2, 0.25) is 15.8 Å². The Morgan fingerprint density at radius 2 is 2.17 bits per heavy atom. The topological polar surface area (TPSA) is 115 Å². The summed E-state index contributed by atoms with van der Waals surface area (Å²) in [6.07, 6.45) is 0. The second-order valence-corrected chi connectivity index (χ2v) is 5.28. The summed E-state index contributed by atoms with van der Waals surface area (Å²) in [6, 6.07) is 2.26. The zero-order valence-corrected chi connectivity index (χ0v) is 10.3. The number of nitrogens with zero attached hydrogens (tertiary/aromatic N) is 1. The highest BCUT2D eigenvalue weighted by Crippen LogP contribution is 2.26. The number of benzene rings is 1. The number of halogens is 1. The predicted molar refractivity (Wildman–Crippen MR) is 61.9 cm³/mol. The quantitative estimate of drug-likeness (QED) is 0.595. The van der Waals surface area contributed by atoms with Gasteiger partial charge >= 0.3 is 5.69 Å². The fraction of sp³-hybridized carbons (Fsp3) is 0.333. The van der Waals surface area contributed by atoms with E-state index >= 15 is 0 Å². The number of nitrogens with one attached hydrogen (secondary N) is 1. The highest BCUT2D eigenvalue weighted by molar-refractivity contribution is 7.89. The van der Waals surface area contributed by atoms with E-state index < -0.39 is 37.4 Å². The number of sulfonamides is 1. The molecule has 7 nitrogen and oxygen atoms in total. The lowest BCUT2D eigenvalue weighted by Gasteiger charge is -2.12. The third-order valence-corrected chi connectivity index (χ3v) is 3.75. The number of hydrogen-bond donors (Lipinski definition) is 2. The number of nitro benzene ring substituents is 1.